The number of aryl methyl sites for hydroxylation is 1. The summed E-state index contributed by atoms with van der Waals surface area (Å²) < 4.78 is 7.26. The van der Waals surface area contributed by atoms with E-state index in [4.69, 9.17) is 4.42 Å². The summed E-state index contributed by atoms with van der Waals surface area (Å²) in [6.45, 7) is 6.38. The number of amides is 1. The lowest BCUT2D eigenvalue weighted by Crippen LogP contribution is -2.26. The molecule has 23 heavy (non-hydrogen) atoms. The molecule has 0 atom stereocenters. The lowest BCUT2D eigenvalue weighted by atomic mass is 10.1. The number of aliphatic hydroxyl groups is 1. The predicted molar refractivity (Wildman–Crippen MR) is 83.6 cm³/mol. The minimum atomic E-state index is -1.11. The van der Waals surface area contributed by atoms with Gasteiger partial charge in [0, 0.05) is 19.5 Å². The molecule has 0 aliphatic heterocycles. The van der Waals surface area contributed by atoms with Gasteiger partial charge in [0.1, 0.15) is 17.8 Å². The Morgan fingerprint density at radius 1 is 1.48 bits per heavy atom. The number of nitrogens with one attached hydrogen (secondary N) is 1. The molecule has 1 amide bonds. The first-order valence-electron chi connectivity index (χ1n) is 7.39. The second kappa shape index (κ2) is 7.11. The fourth-order valence-electron chi connectivity index (χ4n) is 1.85. The van der Waals surface area contributed by atoms with E-state index in [2.05, 4.69) is 27.4 Å². The maximum atomic E-state index is 12.0. The van der Waals surface area contributed by atoms with Crippen molar-refractivity contribution < 1.29 is 14.3 Å². The van der Waals surface area contributed by atoms with Crippen LogP contribution in [0.5, 0.6) is 0 Å². The van der Waals surface area contributed by atoms with Crippen molar-refractivity contribution in [2.24, 2.45) is 0 Å². The summed E-state index contributed by atoms with van der Waals surface area (Å²) in [5, 5.41) is 20.1. The van der Waals surface area contributed by atoms with Crippen LogP contribution < -0.4 is 5.32 Å². The Morgan fingerprint density at radius 3 is 2.96 bits per heavy atom. The quantitative estimate of drug-likeness (QED) is 0.802. The number of aromatic nitrogens is 3. The van der Waals surface area contributed by atoms with Crippen molar-refractivity contribution in [3.8, 4) is 11.8 Å². The number of carbonyl (C=O) groups is 1. The summed E-state index contributed by atoms with van der Waals surface area (Å²) in [5.74, 6) is 6.34. The van der Waals surface area contributed by atoms with E-state index in [-0.39, 0.29) is 11.7 Å². The van der Waals surface area contributed by atoms with Gasteiger partial charge in [-0.1, -0.05) is 5.92 Å². The first kappa shape index (κ1) is 16.8. The van der Waals surface area contributed by atoms with E-state index in [1.807, 2.05) is 11.5 Å². The predicted octanol–water partition coefficient (Wildman–Crippen LogP) is 0.986. The van der Waals surface area contributed by atoms with E-state index in [1.165, 1.54) is 0 Å². The van der Waals surface area contributed by atoms with E-state index in [0.717, 1.165) is 12.4 Å². The molecule has 0 saturated carbocycles. The van der Waals surface area contributed by atoms with Crippen LogP contribution in [-0.2, 0) is 13.0 Å². The Kier molecular flexibility index (Phi) is 5.19. The molecule has 2 aromatic rings. The summed E-state index contributed by atoms with van der Waals surface area (Å²) in [6, 6.07) is 3.15. The maximum absolute atomic E-state index is 12.0. The highest BCUT2D eigenvalue weighted by Gasteiger charge is 2.12. The van der Waals surface area contributed by atoms with Crippen molar-refractivity contribution in [2.45, 2.75) is 39.3 Å². The fraction of sp³-hybridized carbons (Fsp3) is 0.438. The van der Waals surface area contributed by atoms with Crippen LogP contribution in [0.15, 0.2) is 22.9 Å². The molecule has 0 aromatic carbocycles. The largest absolute Gasteiger partial charge is 0.443 e. The summed E-state index contributed by atoms with van der Waals surface area (Å²) >= 11 is 0. The number of hydrogen-bond donors (Lipinski definition) is 2. The van der Waals surface area contributed by atoms with E-state index in [1.54, 1.807) is 32.3 Å². The smallest absolute Gasteiger partial charge is 0.287 e. The molecule has 0 bridgehead atoms. The molecule has 7 heteroatoms. The van der Waals surface area contributed by atoms with E-state index >= 15 is 0 Å². The van der Waals surface area contributed by atoms with Crippen LogP contribution in [0.2, 0.25) is 0 Å². The highest BCUT2D eigenvalue weighted by atomic mass is 16.3. The number of furan rings is 1. The second-order valence-corrected chi connectivity index (χ2v) is 5.51. The highest BCUT2D eigenvalue weighted by Crippen LogP contribution is 2.07. The SMILES string of the molecule is CCn1cnnc1CCNC(=O)c1ccc(C#CC(C)(C)O)o1. The summed E-state index contributed by atoms with van der Waals surface area (Å²) in [4.78, 5) is 12.0. The molecular formula is C16H20N4O3. The van der Waals surface area contributed by atoms with Gasteiger partial charge >= 0.3 is 0 Å². The first-order chi connectivity index (χ1) is 10.9. The minimum absolute atomic E-state index is 0.182. The van der Waals surface area contributed by atoms with Gasteiger partial charge in [0.25, 0.3) is 5.91 Å². The zero-order chi connectivity index (χ0) is 16.9. The molecule has 0 spiro atoms. The normalized spacial score (nSPS) is 11.0. The molecule has 0 aliphatic rings. The van der Waals surface area contributed by atoms with Gasteiger partial charge < -0.3 is 19.4 Å². The average Bonchev–Trinajstić information content (AvgIpc) is 3.13. The van der Waals surface area contributed by atoms with E-state index < -0.39 is 5.60 Å². The molecule has 2 N–H and O–H groups in total. The van der Waals surface area contributed by atoms with Crippen LogP contribution in [0.1, 0.15) is 42.9 Å². The van der Waals surface area contributed by atoms with Gasteiger partial charge in [-0.3, -0.25) is 4.79 Å². The Labute approximate surface area is 134 Å². The molecular weight excluding hydrogens is 296 g/mol. The van der Waals surface area contributed by atoms with Crippen LogP contribution in [0, 0.1) is 11.8 Å². The summed E-state index contributed by atoms with van der Waals surface area (Å²) in [5.41, 5.74) is -1.11. The van der Waals surface area contributed by atoms with Crippen molar-refractivity contribution in [2.75, 3.05) is 6.54 Å². The lowest BCUT2D eigenvalue weighted by molar-refractivity contribution is 0.0925. The van der Waals surface area contributed by atoms with Crippen LogP contribution in [0.25, 0.3) is 0 Å². The minimum Gasteiger partial charge on any atom is -0.443 e. The van der Waals surface area contributed by atoms with Gasteiger partial charge in [-0.15, -0.1) is 10.2 Å². The zero-order valence-corrected chi connectivity index (χ0v) is 13.5. The molecule has 7 nitrogen and oxygen atoms in total. The zero-order valence-electron chi connectivity index (χ0n) is 13.5. The average molecular weight is 316 g/mol. The molecule has 2 aromatic heterocycles. The molecule has 0 unspecified atom stereocenters. The molecule has 2 rings (SSSR count). The highest BCUT2D eigenvalue weighted by molar-refractivity contribution is 5.91. The molecule has 0 saturated heterocycles. The van der Waals surface area contributed by atoms with Gasteiger partial charge in [0.15, 0.2) is 11.5 Å². The van der Waals surface area contributed by atoms with Crippen molar-refractivity contribution in [1.29, 1.82) is 0 Å². The number of nitrogens with zero attached hydrogens (tertiary/aromatic N) is 3. The Hall–Kier alpha value is -2.59. The molecule has 2 heterocycles. The molecule has 122 valence electrons. The Balaban J connectivity index is 1.89. The maximum Gasteiger partial charge on any atom is 0.287 e. The molecule has 0 fully saturated rings. The van der Waals surface area contributed by atoms with Gasteiger partial charge in [0.2, 0.25) is 0 Å². The third kappa shape index (κ3) is 4.97. The fourth-order valence-corrected chi connectivity index (χ4v) is 1.85. The van der Waals surface area contributed by atoms with Crippen LogP contribution in [0.4, 0.5) is 0 Å². The lowest BCUT2D eigenvalue weighted by Gasteiger charge is -2.05. The van der Waals surface area contributed by atoms with Crippen molar-refractivity contribution >= 4 is 5.91 Å². The van der Waals surface area contributed by atoms with Gasteiger partial charge in [-0.05, 0) is 38.8 Å². The summed E-state index contributed by atoms with van der Waals surface area (Å²) in [6.07, 6.45) is 2.25. The van der Waals surface area contributed by atoms with Crippen molar-refractivity contribution in [1.82, 2.24) is 20.1 Å². The van der Waals surface area contributed by atoms with Crippen molar-refractivity contribution in [3.05, 3.63) is 35.8 Å². The van der Waals surface area contributed by atoms with Gasteiger partial charge in [0.05, 0.1) is 0 Å². The van der Waals surface area contributed by atoms with Gasteiger partial charge in [-0.2, -0.15) is 0 Å². The first-order valence-corrected chi connectivity index (χ1v) is 7.39. The van der Waals surface area contributed by atoms with Crippen LogP contribution in [0.3, 0.4) is 0 Å². The monoisotopic (exact) mass is 316 g/mol. The molecule has 0 radical (unpaired) electrons. The van der Waals surface area contributed by atoms with Crippen LogP contribution in [-0.4, -0.2) is 37.9 Å². The third-order valence-corrected chi connectivity index (χ3v) is 2.99. The Morgan fingerprint density at radius 2 is 2.26 bits per heavy atom. The van der Waals surface area contributed by atoms with E-state index in [9.17, 15) is 9.90 Å². The third-order valence-electron chi connectivity index (χ3n) is 2.99. The van der Waals surface area contributed by atoms with Gasteiger partial charge in [-0.25, -0.2) is 0 Å². The summed E-state index contributed by atoms with van der Waals surface area (Å²) in [7, 11) is 0. The second-order valence-electron chi connectivity index (χ2n) is 5.51. The molecule has 0 aliphatic carbocycles. The van der Waals surface area contributed by atoms with Crippen LogP contribution >= 0.6 is 0 Å². The van der Waals surface area contributed by atoms with E-state index in [0.29, 0.717) is 18.7 Å². The number of carbonyl (C=O) groups excluding carboxylic acids is 1. The van der Waals surface area contributed by atoms with Crippen molar-refractivity contribution in [3.63, 3.8) is 0 Å². The topological polar surface area (TPSA) is 93.2 Å². The number of hydrogen-bond acceptors (Lipinski definition) is 5. The number of rotatable bonds is 5. The standard InChI is InChI=1S/C16H20N4O3/c1-4-20-11-18-19-14(20)8-10-17-15(21)13-6-5-12(23-13)7-9-16(2,3)22/h5-6,11,22H,4,8,10H2,1-3H3,(H,17,21). The Bertz CT molecular complexity index is 728.